The number of amides is 1. The highest BCUT2D eigenvalue weighted by Crippen LogP contribution is 2.23. The smallest absolute Gasteiger partial charge is 0.249 e. The second-order valence-corrected chi connectivity index (χ2v) is 15.0. The van der Waals surface area contributed by atoms with Crippen LogP contribution in [-0.2, 0) is 14.3 Å². The van der Waals surface area contributed by atoms with Gasteiger partial charge in [0.05, 0.1) is 25.4 Å². The lowest BCUT2D eigenvalue weighted by Gasteiger charge is -2.40. The average molecular weight is 782 g/mol. The van der Waals surface area contributed by atoms with Crippen molar-refractivity contribution >= 4 is 5.91 Å². The van der Waals surface area contributed by atoms with Gasteiger partial charge in [-0.25, -0.2) is 0 Å². The zero-order valence-electron chi connectivity index (χ0n) is 34.1. The quantitative estimate of drug-likeness (QED) is 0.0275. The number of nitrogens with one attached hydrogen (secondary N) is 1. The number of allylic oxidation sites excluding steroid dienone is 8. The number of carbonyl (C=O) groups is 1. The predicted molar refractivity (Wildman–Crippen MR) is 219 cm³/mol. The summed E-state index contributed by atoms with van der Waals surface area (Å²) in [5, 5.41) is 75.2. The van der Waals surface area contributed by atoms with Crippen LogP contribution in [-0.4, -0.2) is 110 Å². The van der Waals surface area contributed by atoms with Gasteiger partial charge in [0.2, 0.25) is 5.91 Å². The largest absolute Gasteiger partial charge is 0.394 e. The molecule has 11 nitrogen and oxygen atoms in total. The number of aliphatic hydroxyl groups is 7. The van der Waals surface area contributed by atoms with E-state index >= 15 is 0 Å². The molecular formula is C44H79NO10. The molecule has 55 heavy (non-hydrogen) atoms. The summed E-state index contributed by atoms with van der Waals surface area (Å²) in [6.07, 6.45) is 27.7. The summed E-state index contributed by atoms with van der Waals surface area (Å²) in [7, 11) is 0. The minimum Gasteiger partial charge on any atom is -0.394 e. The van der Waals surface area contributed by atoms with Crippen molar-refractivity contribution in [1.82, 2.24) is 5.32 Å². The maximum atomic E-state index is 12.9. The first-order valence-corrected chi connectivity index (χ1v) is 21.5. The van der Waals surface area contributed by atoms with E-state index < -0.39 is 74.2 Å². The van der Waals surface area contributed by atoms with E-state index in [1.54, 1.807) is 0 Å². The van der Waals surface area contributed by atoms with E-state index in [4.69, 9.17) is 9.47 Å². The summed E-state index contributed by atoms with van der Waals surface area (Å²) in [4.78, 5) is 12.9. The molecule has 0 aromatic carbocycles. The molecule has 1 heterocycles. The molecule has 0 aromatic heterocycles. The molecule has 1 amide bonds. The topological polar surface area (TPSA) is 189 Å². The molecule has 1 fully saturated rings. The molecule has 9 unspecified atom stereocenters. The van der Waals surface area contributed by atoms with Crippen molar-refractivity contribution in [2.45, 2.75) is 210 Å². The zero-order chi connectivity index (χ0) is 40.5. The normalized spacial score (nSPS) is 23.0. The lowest BCUT2D eigenvalue weighted by molar-refractivity contribution is -0.303. The maximum absolute atomic E-state index is 12.9. The molecule has 1 aliphatic rings. The maximum Gasteiger partial charge on any atom is 0.249 e. The molecule has 9 atom stereocenters. The number of rotatable bonds is 34. The molecule has 1 rings (SSSR count). The molecule has 0 saturated carbocycles. The van der Waals surface area contributed by atoms with Crippen LogP contribution >= 0.6 is 0 Å². The summed E-state index contributed by atoms with van der Waals surface area (Å²) in [6.45, 7) is 3.31. The SMILES string of the molecule is CCCCCC/C=C\CCC(O)C(=O)NC(COC1OC(CO)C(O)C(O)C1O)C(O)C(O)CCC/C=C/CC/C=C/CC/C=C/CCCCCCCCC. The van der Waals surface area contributed by atoms with Crippen LogP contribution in [0.3, 0.4) is 0 Å². The van der Waals surface area contributed by atoms with E-state index in [9.17, 15) is 40.5 Å². The highest BCUT2D eigenvalue weighted by molar-refractivity contribution is 5.80. The van der Waals surface area contributed by atoms with E-state index in [0.29, 0.717) is 19.3 Å². The minimum atomic E-state index is -1.68. The van der Waals surface area contributed by atoms with Crippen molar-refractivity contribution in [2.75, 3.05) is 13.2 Å². The fourth-order valence-electron chi connectivity index (χ4n) is 6.41. The molecule has 0 radical (unpaired) electrons. The van der Waals surface area contributed by atoms with Crippen LogP contribution in [0.1, 0.15) is 155 Å². The molecule has 0 aromatic rings. The number of hydrogen-bond acceptors (Lipinski definition) is 10. The minimum absolute atomic E-state index is 0.162. The third-order valence-corrected chi connectivity index (χ3v) is 10.1. The van der Waals surface area contributed by atoms with E-state index in [2.05, 4.69) is 55.6 Å². The zero-order valence-corrected chi connectivity index (χ0v) is 34.1. The van der Waals surface area contributed by atoms with Gasteiger partial charge in [-0.15, -0.1) is 0 Å². The lowest BCUT2D eigenvalue weighted by Crippen LogP contribution is -2.60. The van der Waals surface area contributed by atoms with E-state index in [1.165, 1.54) is 70.6 Å². The van der Waals surface area contributed by atoms with Crippen molar-refractivity contribution in [3.05, 3.63) is 48.6 Å². The predicted octanol–water partition coefficient (Wildman–Crippen LogP) is 6.22. The molecule has 0 spiro atoms. The molecule has 320 valence electrons. The third-order valence-electron chi connectivity index (χ3n) is 10.1. The van der Waals surface area contributed by atoms with Crippen LogP contribution in [0, 0.1) is 0 Å². The van der Waals surface area contributed by atoms with Crippen LogP contribution in [0.4, 0.5) is 0 Å². The summed E-state index contributed by atoms with van der Waals surface area (Å²) in [5.41, 5.74) is 0. The Bertz CT molecular complexity index is 1030. The van der Waals surface area contributed by atoms with Crippen molar-refractivity contribution in [3.63, 3.8) is 0 Å². The van der Waals surface area contributed by atoms with Crippen molar-refractivity contribution < 1.29 is 50.0 Å². The van der Waals surface area contributed by atoms with Gasteiger partial charge in [0, 0.05) is 0 Å². The Morgan fingerprint density at radius 3 is 1.64 bits per heavy atom. The van der Waals surface area contributed by atoms with Gasteiger partial charge in [-0.2, -0.15) is 0 Å². The summed E-state index contributed by atoms with van der Waals surface area (Å²) in [5.74, 6) is -0.753. The number of ether oxygens (including phenoxy) is 2. The molecule has 8 N–H and O–H groups in total. The van der Waals surface area contributed by atoms with Gasteiger partial charge in [-0.05, 0) is 83.5 Å². The van der Waals surface area contributed by atoms with Gasteiger partial charge in [-0.3, -0.25) is 4.79 Å². The highest BCUT2D eigenvalue weighted by Gasteiger charge is 2.44. The first kappa shape index (κ1) is 51.1. The van der Waals surface area contributed by atoms with Gasteiger partial charge < -0.3 is 50.5 Å². The van der Waals surface area contributed by atoms with Crippen molar-refractivity contribution in [2.24, 2.45) is 0 Å². The third kappa shape index (κ3) is 24.4. The monoisotopic (exact) mass is 782 g/mol. The van der Waals surface area contributed by atoms with Crippen LogP contribution in [0.15, 0.2) is 48.6 Å². The van der Waals surface area contributed by atoms with Crippen LogP contribution in [0.25, 0.3) is 0 Å². The Morgan fingerprint density at radius 2 is 1.09 bits per heavy atom. The molecule has 1 aliphatic heterocycles. The fraction of sp³-hybridized carbons (Fsp3) is 0.795. The van der Waals surface area contributed by atoms with E-state index in [1.807, 2.05) is 12.2 Å². The second-order valence-electron chi connectivity index (χ2n) is 15.0. The van der Waals surface area contributed by atoms with Crippen molar-refractivity contribution in [3.8, 4) is 0 Å². The summed E-state index contributed by atoms with van der Waals surface area (Å²) in [6, 6.07) is -1.21. The standard InChI is InChI=1S/C44H79NO10/c1-3-5-7-9-11-13-14-15-16-17-18-19-20-21-22-23-24-26-27-29-31-36(47)39(49)35(34-54-44-42(52)41(51)40(50)38(33-46)55-44)45-43(53)37(48)32-30-28-25-12-10-8-6-4-2/h16-17,20-21,24-26,28,35-42,44,46-52H,3-15,18-19,22-23,27,29-34H2,1-2H3,(H,45,53)/b17-16+,21-20+,26-24+,28-25-. The molecule has 0 bridgehead atoms. The van der Waals surface area contributed by atoms with E-state index in [-0.39, 0.29) is 12.8 Å². The lowest BCUT2D eigenvalue weighted by atomic mass is 9.99. The van der Waals surface area contributed by atoms with Crippen molar-refractivity contribution in [1.29, 1.82) is 0 Å². The Balaban J connectivity index is 2.51. The van der Waals surface area contributed by atoms with Gasteiger partial charge in [-0.1, -0.05) is 120 Å². The summed E-state index contributed by atoms with van der Waals surface area (Å²) >= 11 is 0. The van der Waals surface area contributed by atoms with Gasteiger partial charge in [0.25, 0.3) is 0 Å². The molecule has 1 saturated heterocycles. The van der Waals surface area contributed by atoms with E-state index in [0.717, 1.165) is 38.5 Å². The Kier molecular flexibility index (Phi) is 31.7. The first-order valence-electron chi connectivity index (χ1n) is 21.5. The molecule has 11 heteroatoms. The van der Waals surface area contributed by atoms with Gasteiger partial charge >= 0.3 is 0 Å². The number of hydrogen-bond donors (Lipinski definition) is 8. The fourth-order valence-corrected chi connectivity index (χ4v) is 6.41. The molecular weight excluding hydrogens is 702 g/mol. The van der Waals surface area contributed by atoms with Crippen LogP contribution in [0.2, 0.25) is 0 Å². The number of aliphatic hydroxyl groups excluding tert-OH is 7. The molecule has 0 aliphatic carbocycles. The number of carbonyl (C=O) groups excluding carboxylic acids is 1. The Morgan fingerprint density at radius 1 is 0.618 bits per heavy atom. The average Bonchev–Trinajstić information content (AvgIpc) is 3.18. The van der Waals surface area contributed by atoms with Crippen LogP contribution in [0.5, 0.6) is 0 Å². The Hall–Kier alpha value is -1.93. The van der Waals surface area contributed by atoms with Crippen LogP contribution < -0.4 is 5.32 Å². The Labute approximate surface area is 332 Å². The first-order chi connectivity index (χ1) is 26.7. The highest BCUT2D eigenvalue weighted by atomic mass is 16.7. The van der Waals surface area contributed by atoms with Gasteiger partial charge in [0.1, 0.15) is 36.6 Å². The second kappa shape index (κ2) is 34.1. The number of unbranched alkanes of at least 4 members (excludes halogenated alkanes) is 14. The summed E-state index contributed by atoms with van der Waals surface area (Å²) < 4.78 is 11.0. The van der Waals surface area contributed by atoms with Gasteiger partial charge in [0.15, 0.2) is 6.29 Å².